The fourth-order valence-electron chi connectivity index (χ4n) is 3.50. The van der Waals surface area contributed by atoms with Gasteiger partial charge in [0.1, 0.15) is 17.6 Å². The predicted octanol–water partition coefficient (Wildman–Crippen LogP) is 3.35. The molecule has 0 aromatic heterocycles. The van der Waals surface area contributed by atoms with Crippen molar-refractivity contribution in [3.63, 3.8) is 0 Å². The Morgan fingerprint density at radius 1 is 1.16 bits per heavy atom. The Kier molecular flexibility index (Phi) is 6.89. The lowest BCUT2D eigenvalue weighted by molar-refractivity contribution is -0.119. The maximum absolute atomic E-state index is 13.9. The monoisotopic (exact) mass is 427 g/mol. The van der Waals surface area contributed by atoms with E-state index in [-0.39, 0.29) is 17.4 Å². The minimum Gasteiger partial charge on any atom is -0.495 e. The first-order valence-electron chi connectivity index (χ1n) is 10.2. The van der Waals surface area contributed by atoms with E-state index < -0.39 is 23.7 Å². The van der Waals surface area contributed by atoms with Gasteiger partial charge in [-0.25, -0.2) is 4.39 Å². The summed E-state index contributed by atoms with van der Waals surface area (Å²) in [6.45, 7) is 4.16. The summed E-state index contributed by atoms with van der Waals surface area (Å²) in [5, 5.41) is 5.40. The van der Waals surface area contributed by atoms with Gasteiger partial charge in [0.05, 0.1) is 18.4 Å². The molecular formula is C23H26FN3O4. The summed E-state index contributed by atoms with van der Waals surface area (Å²) in [5.41, 5.74) is 0.922. The molecule has 8 heteroatoms. The number of nitrogens with zero attached hydrogens (tertiary/aromatic N) is 1. The van der Waals surface area contributed by atoms with Gasteiger partial charge in [-0.1, -0.05) is 26.0 Å². The van der Waals surface area contributed by atoms with Crippen LogP contribution in [0.1, 0.15) is 37.0 Å². The third-order valence-electron chi connectivity index (χ3n) is 5.16. The van der Waals surface area contributed by atoms with E-state index in [4.69, 9.17) is 4.74 Å². The third-order valence-corrected chi connectivity index (χ3v) is 5.16. The van der Waals surface area contributed by atoms with Crippen molar-refractivity contribution >= 4 is 29.1 Å². The van der Waals surface area contributed by atoms with Gasteiger partial charge in [0.15, 0.2) is 0 Å². The molecule has 31 heavy (non-hydrogen) atoms. The van der Waals surface area contributed by atoms with Crippen LogP contribution in [0.2, 0.25) is 0 Å². The van der Waals surface area contributed by atoms with Crippen molar-refractivity contribution in [2.24, 2.45) is 5.92 Å². The van der Waals surface area contributed by atoms with E-state index in [9.17, 15) is 18.8 Å². The van der Waals surface area contributed by atoms with Crippen LogP contribution in [0.15, 0.2) is 42.5 Å². The number of hydrogen-bond donors (Lipinski definition) is 2. The van der Waals surface area contributed by atoms with E-state index in [1.807, 2.05) is 0 Å². The highest BCUT2D eigenvalue weighted by atomic mass is 19.1. The minimum atomic E-state index is -0.883. The topological polar surface area (TPSA) is 87.7 Å². The Morgan fingerprint density at radius 3 is 2.52 bits per heavy atom. The first-order valence-corrected chi connectivity index (χ1v) is 10.2. The molecule has 0 bridgehead atoms. The molecule has 0 saturated carbocycles. The van der Waals surface area contributed by atoms with Gasteiger partial charge < -0.3 is 20.3 Å². The number of benzene rings is 2. The Labute approximate surface area is 180 Å². The molecule has 3 rings (SSSR count). The summed E-state index contributed by atoms with van der Waals surface area (Å²) in [7, 11) is 1.52. The fraction of sp³-hybridized carbons (Fsp3) is 0.348. The highest BCUT2D eigenvalue weighted by Crippen LogP contribution is 2.34. The quantitative estimate of drug-likeness (QED) is 0.709. The number of hydrogen-bond acceptors (Lipinski definition) is 4. The second kappa shape index (κ2) is 9.59. The zero-order valence-corrected chi connectivity index (χ0v) is 17.8. The van der Waals surface area contributed by atoms with Crippen molar-refractivity contribution in [2.75, 3.05) is 23.9 Å². The Hall–Kier alpha value is -3.42. The van der Waals surface area contributed by atoms with Gasteiger partial charge in [-0.3, -0.25) is 14.4 Å². The van der Waals surface area contributed by atoms with E-state index in [0.717, 1.165) is 6.42 Å². The SMILES string of the molecule is COc1ccc(NC(=O)C(NC(=O)c2ccccc2F)C(C)C)cc1N1CCCC1=O. The lowest BCUT2D eigenvalue weighted by atomic mass is 10.0. The van der Waals surface area contributed by atoms with Crippen molar-refractivity contribution in [3.05, 3.63) is 53.8 Å². The smallest absolute Gasteiger partial charge is 0.254 e. The number of halogens is 1. The number of carbonyl (C=O) groups excluding carboxylic acids is 3. The lowest BCUT2D eigenvalue weighted by Crippen LogP contribution is -2.47. The lowest BCUT2D eigenvalue weighted by Gasteiger charge is -2.23. The van der Waals surface area contributed by atoms with Gasteiger partial charge in [-0.2, -0.15) is 0 Å². The highest BCUT2D eigenvalue weighted by Gasteiger charge is 2.28. The van der Waals surface area contributed by atoms with Gasteiger partial charge >= 0.3 is 0 Å². The molecule has 2 aromatic rings. The van der Waals surface area contributed by atoms with Crippen molar-refractivity contribution in [1.29, 1.82) is 0 Å². The molecule has 0 radical (unpaired) electrons. The van der Waals surface area contributed by atoms with Crippen LogP contribution < -0.4 is 20.3 Å². The molecule has 0 spiro atoms. The van der Waals surface area contributed by atoms with Crippen molar-refractivity contribution in [1.82, 2.24) is 5.32 Å². The third kappa shape index (κ3) is 5.02. The Morgan fingerprint density at radius 2 is 1.90 bits per heavy atom. The Balaban J connectivity index is 1.78. The molecule has 7 nitrogen and oxygen atoms in total. The number of amides is 3. The maximum Gasteiger partial charge on any atom is 0.254 e. The standard InChI is InChI=1S/C23H26FN3O4/c1-14(2)21(26-22(29)16-7-4-5-8-17(16)24)23(30)25-15-10-11-19(31-3)18(13-15)27-12-6-9-20(27)28/h4-5,7-8,10-11,13-14,21H,6,9,12H2,1-3H3,(H,25,30)(H,26,29). The van der Waals surface area contributed by atoms with Gasteiger partial charge in [-0.15, -0.1) is 0 Å². The van der Waals surface area contributed by atoms with Crippen molar-refractivity contribution in [2.45, 2.75) is 32.7 Å². The molecule has 2 N–H and O–H groups in total. The van der Waals surface area contributed by atoms with E-state index >= 15 is 0 Å². The number of rotatable bonds is 7. The van der Waals surface area contributed by atoms with E-state index in [0.29, 0.717) is 30.1 Å². The molecule has 1 heterocycles. The minimum absolute atomic E-state index is 0.000940. The highest BCUT2D eigenvalue weighted by molar-refractivity contribution is 6.02. The summed E-state index contributed by atoms with van der Waals surface area (Å²) in [6, 6.07) is 9.74. The zero-order chi connectivity index (χ0) is 22.5. The predicted molar refractivity (Wildman–Crippen MR) is 116 cm³/mol. The average Bonchev–Trinajstić information content (AvgIpc) is 3.17. The molecule has 164 valence electrons. The van der Waals surface area contributed by atoms with Crippen LogP contribution in [-0.2, 0) is 9.59 Å². The average molecular weight is 427 g/mol. The molecule has 1 saturated heterocycles. The van der Waals surface area contributed by atoms with Crippen LogP contribution in [0.3, 0.4) is 0 Å². The summed E-state index contributed by atoms with van der Waals surface area (Å²) in [4.78, 5) is 39.2. The van der Waals surface area contributed by atoms with E-state index in [2.05, 4.69) is 10.6 Å². The number of carbonyl (C=O) groups is 3. The van der Waals surface area contributed by atoms with E-state index in [1.54, 1.807) is 43.0 Å². The number of anilines is 2. The largest absolute Gasteiger partial charge is 0.495 e. The van der Waals surface area contributed by atoms with Crippen LogP contribution in [-0.4, -0.2) is 37.4 Å². The molecule has 1 unspecified atom stereocenters. The molecule has 3 amide bonds. The zero-order valence-electron chi connectivity index (χ0n) is 17.8. The van der Waals surface area contributed by atoms with Crippen LogP contribution in [0.25, 0.3) is 0 Å². The molecule has 0 aliphatic carbocycles. The summed E-state index contributed by atoms with van der Waals surface area (Å²) < 4.78 is 19.3. The Bertz CT molecular complexity index is 993. The molecule has 1 aliphatic heterocycles. The van der Waals surface area contributed by atoms with Gasteiger partial charge in [0.2, 0.25) is 11.8 Å². The summed E-state index contributed by atoms with van der Waals surface area (Å²) in [5.74, 6) is -1.47. The van der Waals surface area contributed by atoms with Gasteiger partial charge in [0.25, 0.3) is 5.91 Å². The van der Waals surface area contributed by atoms with E-state index in [1.165, 1.54) is 25.3 Å². The number of methoxy groups -OCH3 is 1. The van der Waals surface area contributed by atoms with Gasteiger partial charge in [0, 0.05) is 18.7 Å². The van der Waals surface area contributed by atoms with Crippen LogP contribution in [0, 0.1) is 11.7 Å². The molecule has 1 atom stereocenters. The van der Waals surface area contributed by atoms with Crippen molar-refractivity contribution in [3.8, 4) is 5.75 Å². The fourth-order valence-corrected chi connectivity index (χ4v) is 3.50. The van der Waals surface area contributed by atoms with Gasteiger partial charge in [-0.05, 0) is 42.7 Å². The molecule has 1 fully saturated rings. The number of nitrogens with one attached hydrogen (secondary N) is 2. The molecular weight excluding hydrogens is 401 g/mol. The van der Waals surface area contributed by atoms with Crippen LogP contribution in [0.4, 0.5) is 15.8 Å². The molecule has 1 aliphatic rings. The number of ether oxygens (including phenoxy) is 1. The second-order valence-electron chi connectivity index (χ2n) is 7.70. The second-order valence-corrected chi connectivity index (χ2v) is 7.70. The molecule has 2 aromatic carbocycles. The van der Waals surface area contributed by atoms with Crippen LogP contribution in [0.5, 0.6) is 5.75 Å². The van der Waals surface area contributed by atoms with Crippen molar-refractivity contribution < 1.29 is 23.5 Å². The normalized spacial score (nSPS) is 14.5. The maximum atomic E-state index is 13.9. The first-order chi connectivity index (χ1) is 14.8. The summed E-state index contributed by atoms with van der Waals surface area (Å²) >= 11 is 0. The van der Waals surface area contributed by atoms with Crippen LogP contribution >= 0.6 is 0 Å². The first kappa shape index (κ1) is 22.3. The summed E-state index contributed by atoms with van der Waals surface area (Å²) in [6.07, 6.45) is 1.23.